The fourth-order valence-electron chi connectivity index (χ4n) is 1.01. The van der Waals surface area contributed by atoms with Gasteiger partial charge in [-0.05, 0) is 13.8 Å². The third-order valence-electron chi connectivity index (χ3n) is 1.51. The largest absolute Gasteiger partial charge is 0.340 e. The summed E-state index contributed by atoms with van der Waals surface area (Å²) >= 11 is 0. The smallest absolute Gasteiger partial charge is 0.271 e. The Morgan fingerprint density at radius 1 is 1.31 bits per heavy atom. The topological polar surface area (TPSA) is 61.4 Å². The van der Waals surface area contributed by atoms with Gasteiger partial charge in [-0.15, -0.1) is 0 Å². The molecule has 70 valence electrons. The van der Waals surface area contributed by atoms with Crippen molar-refractivity contribution < 1.29 is 9.59 Å². The Hall–Kier alpha value is -1.78. The normalized spacial score (nSPS) is 20.8. The first kappa shape index (κ1) is 9.31. The monoisotopic (exact) mass is 181 g/mol. The highest BCUT2D eigenvalue weighted by atomic mass is 16.2. The van der Waals surface area contributed by atoms with E-state index in [9.17, 15) is 9.59 Å². The molecule has 1 heterocycles. The molecule has 1 aliphatic rings. The number of nitrogens with zero attached hydrogens (tertiary/aromatic N) is 1. The lowest BCUT2D eigenvalue weighted by Crippen LogP contribution is -2.55. The van der Waals surface area contributed by atoms with Crippen LogP contribution in [0.5, 0.6) is 0 Å². The van der Waals surface area contributed by atoms with Gasteiger partial charge in [-0.2, -0.15) is 0 Å². The van der Waals surface area contributed by atoms with E-state index < -0.39 is 11.9 Å². The molecule has 0 aromatic rings. The van der Waals surface area contributed by atoms with Crippen LogP contribution in [0.25, 0.3) is 0 Å². The number of hydrogen-bond donors (Lipinski definition) is 2. The molecule has 0 aliphatic carbocycles. The van der Waals surface area contributed by atoms with Crippen LogP contribution in [0.15, 0.2) is 24.0 Å². The van der Waals surface area contributed by atoms with Gasteiger partial charge in [-0.25, -0.2) is 10.2 Å². The summed E-state index contributed by atoms with van der Waals surface area (Å²) in [6, 6.07) is -0.520. The second kappa shape index (κ2) is 3.75. The fourth-order valence-corrected chi connectivity index (χ4v) is 1.01. The van der Waals surface area contributed by atoms with Crippen molar-refractivity contribution in [2.45, 2.75) is 13.8 Å². The number of nitrogens with one attached hydrogen (secondary N) is 2. The van der Waals surface area contributed by atoms with Crippen LogP contribution in [0.4, 0.5) is 4.79 Å². The molecular weight excluding hydrogens is 170 g/mol. The summed E-state index contributed by atoms with van der Waals surface area (Å²) < 4.78 is 0. The molecule has 5 heteroatoms. The molecule has 1 fully saturated rings. The van der Waals surface area contributed by atoms with Crippen LogP contribution in [0.1, 0.15) is 13.8 Å². The predicted octanol–water partition coefficient (Wildman–Crippen LogP) is 0.480. The summed E-state index contributed by atoms with van der Waals surface area (Å²) in [4.78, 5) is 22.1. The van der Waals surface area contributed by atoms with Crippen molar-refractivity contribution in [3.05, 3.63) is 24.0 Å². The first-order chi connectivity index (χ1) is 6.19. The highest BCUT2D eigenvalue weighted by Crippen LogP contribution is 2.05. The van der Waals surface area contributed by atoms with Crippen molar-refractivity contribution in [1.82, 2.24) is 15.8 Å². The Morgan fingerprint density at radius 3 is 2.54 bits per heavy atom. The van der Waals surface area contributed by atoms with Gasteiger partial charge in [0.15, 0.2) is 0 Å². The third kappa shape index (κ3) is 1.87. The van der Waals surface area contributed by atoms with Crippen molar-refractivity contribution in [1.29, 1.82) is 0 Å². The zero-order valence-corrected chi connectivity index (χ0v) is 7.50. The number of hydrogen-bond acceptors (Lipinski definition) is 3. The predicted molar refractivity (Wildman–Crippen MR) is 47.1 cm³/mol. The number of imide groups is 1. The number of hydrazine groups is 1. The van der Waals surface area contributed by atoms with Gasteiger partial charge in [-0.1, -0.05) is 12.2 Å². The quantitative estimate of drug-likeness (QED) is 0.578. The lowest BCUT2D eigenvalue weighted by Gasteiger charge is -2.27. The second-order valence-corrected chi connectivity index (χ2v) is 2.42. The number of carbonyl (C=O) groups is 2. The van der Waals surface area contributed by atoms with Gasteiger partial charge in [0.1, 0.15) is 5.70 Å². The van der Waals surface area contributed by atoms with Crippen LogP contribution in [0.3, 0.4) is 0 Å². The minimum atomic E-state index is -0.520. The Kier molecular flexibility index (Phi) is 2.69. The third-order valence-corrected chi connectivity index (χ3v) is 1.51. The van der Waals surface area contributed by atoms with Gasteiger partial charge >= 0.3 is 6.03 Å². The lowest BCUT2D eigenvalue weighted by molar-refractivity contribution is -0.118. The van der Waals surface area contributed by atoms with Crippen LogP contribution in [0, 0.1) is 0 Å². The molecular formula is C8H11N3O2. The molecule has 1 saturated heterocycles. The van der Waals surface area contributed by atoms with E-state index in [1.54, 1.807) is 32.2 Å². The maximum Gasteiger partial charge on any atom is 0.340 e. The first-order valence-corrected chi connectivity index (χ1v) is 3.89. The van der Waals surface area contributed by atoms with E-state index >= 15 is 0 Å². The summed E-state index contributed by atoms with van der Waals surface area (Å²) in [5, 5.41) is 3.51. The standard InChI is InChI=1S/C8H11N3O2/c1-3-5-11-6(4-2)7(12)9-8(13)10-11/h3-5H,1-2H3,(H2,9,10,12,13). The average Bonchev–Trinajstić information content (AvgIpc) is 2.04. The SMILES string of the molecule is CC=CN1NC(=O)NC(=O)C1=CC. The summed E-state index contributed by atoms with van der Waals surface area (Å²) in [5.41, 5.74) is 2.86. The van der Waals surface area contributed by atoms with Crippen molar-refractivity contribution in [3.63, 3.8) is 0 Å². The van der Waals surface area contributed by atoms with Gasteiger partial charge in [0.05, 0.1) is 0 Å². The van der Waals surface area contributed by atoms with Crippen molar-refractivity contribution in [3.8, 4) is 0 Å². The fraction of sp³-hybridized carbons (Fsp3) is 0.250. The minimum Gasteiger partial charge on any atom is -0.271 e. The van der Waals surface area contributed by atoms with Crippen molar-refractivity contribution in [2.24, 2.45) is 0 Å². The van der Waals surface area contributed by atoms with Gasteiger partial charge in [0, 0.05) is 6.20 Å². The molecule has 0 spiro atoms. The lowest BCUT2D eigenvalue weighted by atomic mass is 10.3. The summed E-state index contributed by atoms with van der Waals surface area (Å²) in [6.45, 7) is 3.52. The number of rotatable bonds is 1. The van der Waals surface area contributed by atoms with Crippen LogP contribution in [-0.2, 0) is 4.79 Å². The van der Waals surface area contributed by atoms with Crippen LogP contribution in [0.2, 0.25) is 0 Å². The van der Waals surface area contributed by atoms with Gasteiger partial charge in [-0.3, -0.25) is 15.1 Å². The molecule has 13 heavy (non-hydrogen) atoms. The summed E-state index contributed by atoms with van der Waals surface area (Å²) in [7, 11) is 0. The molecule has 3 amide bonds. The summed E-state index contributed by atoms with van der Waals surface area (Å²) in [5.74, 6) is -0.399. The molecule has 0 radical (unpaired) electrons. The first-order valence-electron chi connectivity index (χ1n) is 3.89. The second-order valence-electron chi connectivity index (χ2n) is 2.42. The molecule has 0 saturated carbocycles. The van der Waals surface area contributed by atoms with Crippen LogP contribution >= 0.6 is 0 Å². The maximum absolute atomic E-state index is 11.2. The van der Waals surface area contributed by atoms with E-state index in [4.69, 9.17) is 0 Å². The molecule has 0 unspecified atom stereocenters. The zero-order valence-electron chi connectivity index (χ0n) is 7.50. The van der Waals surface area contributed by atoms with Crippen molar-refractivity contribution >= 4 is 11.9 Å². The summed E-state index contributed by atoms with van der Waals surface area (Å²) in [6.07, 6.45) is 4.95. The zero-order chi connectivity index (χ0) is 9.84. The molecule has 2 N–H and O–H groups in total. The number of allylic oxidation sites excluding steroid dienone is 2. The maximum atomic E-state index is 11.2. The highest BCUT2D eigenvalue weighted by molar-refractivity contribution is 6.05. The van der Waals surface area contributed by atoms with Gasteiger partial charge in [0.2, 0.25) is 0 Å². The van der Waals surface area contributed by atoms with E-state index in [0.717, 1.165) is 0 Å². The van der Waals surface area contributed by atoms with Crippen molar-refractivity contribution in [2.75, 3.05) is 0 Å². The van der Waals surface area contributed by atoms with E-state index in [1.165, 1.54) is 5.01 Å². The number of carbonyl (C=O) groups excluding carboxylic acids is 2. The van der Waals surface area contributed by atoms with E-state index in [0.29, 0.717) is 5.70 Å². The molecule has 0 aromatic carbocycles. The molecule has 1 aliphatic heterocycles. The Labute approximate surface area is 76.1 Å². The van der Waals surface area contributed by atoms with Crippen LogP contribution < -0.4 is 10.7 Å². The average molecular weight is 181 g/mol. The molecule has 1 rings (SSSR count). The molecule has 0 atom stereocenters. The van der Waals surface area contributed by atoms with E-state index in [-0.39, 0.29) is 0 Å². The molecule has 0 bridgehead atoms. The molecule has 5 nitrogen and oxygen atoms in total. The number of amides is 3. The van der Waals surface area contributed by atoms with E-state index in [1.807, 2.05) is 0 Å². The van der Waals surface area contributed by atoms with Crippen LogP contribution in [-0.4, -0.2) is 16.9 Å². The van der Waals surface area contributed by atoms with Gasteiger partial charge < -0.3 is 0 Å². The van der Waals surface area contributed by atoms with Gasteiger partial charge in [0.25, 0.3) is 5.91 Å². The highest BCUT2D eigenvalue weighted by Gasteiger charge is 2.24. The minimum absolute atomic E-state index is 0.399. The Morgan fingerprint density at radius 2 is 2.00 bits per heavy atom. The van der Waals surface area contributed by atoms with E-state index in [2.05, 4.69) is 10.7 Å². The number of urea groups is 1. The Bertz CT molecular complexity index is 294. The Balaban J connectivity index is 2.90. The molecule has 0 aromatic heterocycles.